The summed E-state index contributed by atoms with van der Waals surface area (Å²) in [4.78, 5) is 35.5. The Morgan fingerprint density at radius 2 is 1.68 bits per heavy atom. The molecule has 2 atom stereocenters. The smallest absolute Gasteiger partial charge is 0.333 e. The first-order valence-corrected chi connectivity index (χ1v) is 12.2. The minimum absolute atomic E-state index is 0.116. The quantitative estimate of drug-likeness (QED) is 0.169. The van der Waals surface area contributed by atoms with Gasteiger partial charge in [-0.15, -0.1) is 11.3 Å². The Morgan fingerprint density at radius 1 is 1.00 bits per heavy atom. The maximum Gasteiger partial charge on any atom is 0.333 e. The molecule has 8 N–H and O–H groups in total. The number of aliphatic hydroxyl groups is 2. The fourth-order valence-electron chi connectivity index (χ4n) is 3.05. The first kappa shape index (κ1) is 29.4. The van der Waals surface area contributed by atoms with Crippen LogP contribution in [0.1, 0.15) is 29.3 Å². The number of nitrogens with one attached hydrogen (secondary N) is 2. The molecule has 0 spiro atoms. The SMILES string of the molecule is Nc1nc(CC(=O)Nc2ccc(CCNC[C@H](O)c3ccccc3)cc2)cs1.O=C(O)CC(O)C(=O)O. The Morgan fingerprint density at radius 3 is 2.22 bits per heavy atom. The van der Waals surface area contributed by atoms with Crippen LogP contribution in [-0.2, 0) is 27.2 Å². The van der Waals surface area contributed by atoms with Gasteiger partial charge in [-0.2, -0.15) is 0 Å². The molecular formula is C25H30N4O7S. The lowest BCUT2D eigenvalue weighted by atomic mass is 10.1. The van der Waals surface area contributed by atoms with Gasteiger partial charge in [0.15, 0.2) is 11.2 Å². The molecule has 37 heavy (non-hydrogen) atoms. The minimum atomic E-state index is -1.79. The third-order valence-electron chi connectivity index (χ3n) is 4.91. The van der Waals surface area contributed by atoms with Gasteiger partial charge in [0.1, 0.15) is 0 Å². The van der Waals surface area contributed by atoms with Crippen molar-refractivity contribution in [3.8, 4) is 0 Å². The number of aliphatic carboxylic acids is 2. The molecule has 1 aromatic heterocycles. The van der Waals surface area contributed by atoms with E-state index in [2.05, 4.69) is 15.6 Å². The molecule has 0 saturated heterocycles. The second-order valence-electron chi connectivity index (χ2n) is 7.93. The van der Waals surface area contributed by atoms with E-state index in [1.807, 2.05) is 54.6 Å². The summed E-state index contributed by atoms with van der Waals surface area (Å²) in [6.45, 7) is 1.28. The van der Waals surface area contributed by atoms with Gasteiger partial charge in [0.25, 0.3) is 0 Å². The van der Waals surface area contributed by atoms with Gasteiger partial charge < -0.3 is 36.8 Å². The number of nitrogens with zero attached hydrogens (tertiary/aromatic N) is 1. The molecule has 0 fully saturated rings. The molecule has 0 aliphatic rings. The first-order chi connectivity index (χ1) is 17.6. The molecule has 0 saturated carbocycles. The lowest BCUT2D eigenvalue weighted by Gasteiger charge is -2.12. The normalized spacial score (nSPS) is 12.1. The number of nitrogen functional groups attached to an aromatic ring is 1. The van der Waals surface area contributed by atoms with Crippen molar-refractivity contribution >= 4 is 40.0 Å². The van der Waals surface area contributed by atoms with Crippen molar-refractivity contribution in [3.05, 3.63) is 76.8 Å². The molecule has 2 aromatic carbocycles. The van der Waals surface area contributed by atoms with E-state index in [1.54, 1.807) is 5.38 Å². The molecule has 11 nitrogen and oxygen atoms in total. The van der Waals surface area contributed by atoms with Crippen molar-refractivity contribution in [2.24, 2.45) is 0 Å². The molecule has 1 unspecified atom stereocenters. The van der Waals surface area contributed by atoms with Gasteiger partial charge in [0, 0.05) is 17.6 Å². The molecule has 0 aliphatic heterocycles. The number of carboxylic acid groups (broad SMARTS) is 2. The fraction of sp³-hybridized carbons (Fsp3) is 0.280. The monoisotopic (exact) mass is 530 g/mol. The molecule has 0 bridgehead atoms. The Kier molecular flexibility index (Phi) is 12.2. The number of nitrogens with two attached hydrogens (primary N) is 1. The summed E-state index contributed by atoms with van der Waals surface area (Å²) < 4.78 is 0. The number of hydrogen-bond donors (Lipinski definition) is 7. The molecule has 3 rings (SSSR count). The van der Waals surface area contributed by atoms with Crippen molar-refractivity contribution < 1.29 is 34.8 Å². The number of aliphatic hydroxyl groups excluding tert-OH is 2. The van der Waals surface area contributed by atoms with Gasteiger partial charge in [-0.25, -0.2) is 9.78 Å². The summed E-state index contributed by atoms with van der Waals surface area (Å²) in [6.07, 6.45) is -2.00. The molecule has 198 valence electrons. The van der Waals surface area contributed by atoms with E-state index < -0.39 is 30.6 Å². The van der Waals surface area contributed by atoms with Crippen LogP contribution in [0.2, 0.25) is 0 Å². The molecule has 12 heteroatoms. The summed E-state index contributed by atoms with van der Waals surface area (Å²) in [5, 5.41) is 42.7. The zero-order chi connectivity index (χ0) is 27.2. The summed E-state index contributed by atoms with van der Waals surface area (Å²) in [7, 11) is 0. The summed E-state index contributed by atoms with van der Waals surface area (Å²) in [6, 6.07) is 17.4. The third kappa shape index (κ3) is 11.6. The minimum Gasteiger partial charge on any atom is -0.481 e. The molecule has 0 aliphatic carbocycles. The van der Waals surface area contributed by atoms with Crippen LogP contribution in [0.3, 0.4) is 0 Å². The van der Waals surface area contributed by atoms with Gasteiger partial charge in [-0.1, -0.05) is 42.5 Å². The maximum absolute atomic E-state index is 12.0. The zero-order valence-electron chi connectivity index (χ0n) is 19.9. The van der Waals surface area contributed by atoms with Gasteiger partial charge in [0.2, 0.25) is 5.91 Å². The van der Waals surface area contributed by atoms with Crippen LogP contribution < -0.4 is 16.4 Å². The second-order valence-corrected chi connectivity index (χ2v) is 8.82. The third-order valence-corrected chi connectivity index (χ3v) is 5.64. The number of carbonyl (C=O) groups is 3. The Hall–Kier alpha value is -3.84. The molecule has 1 amide bonds. The zero-order valence-corrected chi connectivity index (χ0v) is 20.7. The van der Waals surface area contributed by atoms with Crippen molar-refractivity contribution in [2.45, 2.75) is 31.5 Å². The molecular weight excluding hydrogens is 500 g/mol. The number of aromatic nitrogens is 1. The van der Waals surface area contributed by atoms with Crippen LogP contribution in [0.5, 0.6) is 0 Å². The summed E-state index contributed by atoms with van der Waals surface area (Å²) in [5.41, 5.74) is 9.08. The molecule has 3 aromatic rings. The Labute approximate surface area is 217 Å². The number of carbonyl (C=O) groups excluding carboxylic acids is 1. The Bertz CT molecular complexity index is 1140. The van der Waals surface area contributed by atoms with Crippen LogP contribution in [-0.4, -0.2) is 62.4 Å². The average Bonchev–Trinajstić information content (AvgIpc) is 3.27. The lowest BCUT2D eigenvalue weighted by Crippen LogP contribution is -2.23. The van der Waals surface area contributed by atoms with E-state index in [-0.39, 0.29) is 12.3 Å². The Balaban J connectivity index is 0.000000458. The maximum atomic E-state index is 12.0. The number of anilines is 2. The van der Waals surface area contributed by atoms with Crippen LogP contribution in [0, 0.1) is 0 Å². The summed E-state index contributed by atoms with van der Waals surface area (Å²) in [5.74, 6) is -2.96. The highest BCUT2D eigenvalue weighted by atomic mass is 32.1. The predicted octanol–water partition coefficient (Wildman–Crippen LogP) is 1.68. The van der Waals surface area contributed by atoms with E-state index in [0.29, 0.717) is 17.4 Å². The number of hydrogen-bond acceptors (Lipinski definition) is 9. The fourth-order valence-corrected chi connectivity index (χ4v) is 3.61. The van der Waals surface area contributed by atoms with Crippen LogP contribution in [0.25, 0.3) is 0 Å². The lowest BCUT2D eigenvalue weighted by molar-refractivity contribution is -0.152. The predicted molar refractivity (Wildman–Crippen MR) is 139 cm³/mol. The largest absolute Gasteiger partial charge is 0.481 e. The van der Waals surface area contributed by atoms with E-state index in [1.165, 1.54) is 11.3 Å². The van der Waals surface area contributed by atoms with Gasteiger partial charge in [0.05, 0.1) is 24.6 Å². The number of amides is 1. The van der Waals surface area contributed by atoms with Crippen LogP contribution in [0.15, 0.2) is 60.0 Å². The van der Waals surface area contributed by atoms with E-state index in [4.69, 9.17) is 21.1 Å². The molecule has 0 radical (unpaired) electrons. The average molecular weight is 531 g/mol. The standard InChI is InChI=1S/C21H24N4O2S.C4H6O5/c22-21-25-18(14-28-21)12-20(27)24-17-8-6-15(7-9-17)10-11-23-13-19(26)16-4-2-1-3-5-16;5-2(4(8)9)1-3(6)7/h1-9,14,19,23,26H,10-13H2,(H2,22,25)(H,24,27);2,5H,1H2,(H,6,7)(H,8,9)/t19-;/m0./s1. The highest BCUT2D eigenvalue weighted by molar-refractivity contribution is 7.13. The van der Waals surface area contributed by atoms with Gasteiger partial charge >= 0.3 is 11.9 Å². The van der Waals surface area contributed by atoms with E-state index >= 15 is 0 Å². The first-order valence-electron chi connectivity index (χ1n) is 11.3. The number of rotatable bonds is 12. The highest BCUT2D eigenvalue weighted by Gasteiger charge is 2.16. The summed E-state index contributed by atoms with van der Waals surface area (Å²) >= 11 is 1.33. The topological polar surface area (TPSA) is 195 Å². The van der Waals surface area contributed by atoms with Crippen LogP contribution in [0.4, 0.5) is 10.8 Å². The second kappa shape index (κ2) is 15.3. The van der Waals surface area contributed by atoms with Gasteiger partial charge in [-0.05, 0) is 36.2 Å². The number of carboxylic acids is 2. The van der Waals surface area contributed by atoms with Crippen molar-refractivity contribution in [1.29, 1.82) is 0 Å². The van der Waals surface area contributed by atoms with Crippen molar-refractivity contribution in [3.63, 3.8) is 0 Å². The molecule has 1 heterocycles. The number of benzene rings is 2. The van der Waals surface area contributed by atoms with Crippen LogP contribution >= 0.6 is 11.3 Å². The van der Waals surface area contributed by atoms with E-state index in [9.17, 15) is 19.5 Å². The van der Waals surface area contributed by atoms with Crippen molar-refractivity contribution in [2.75, 3.05) is 24.1 Å². The van der Waals surface area contributed by atoms with E-state index in [0.717, 1.165) is 29.8 Å². The highest BCUT2D eigenvalue weighted by Crippen LogP contribution is 2.14. The van der Waals surface area contributed by atoms with Crippen molar-refractivity contribution in [1.82, 2.24) is 10.3 Å². The van der Waals surface area contributed by atoms with Gasteiger partial charge in [-0.3, -0.25) is 9.59 Å². The number of thiazole rings is 1.